The molecule has 1 aromatic rings. The standard InChI is InChI=1S/C15H24N2O2S/c1-4-19-13(18)15(2,3)12-10-20-14(17-12)16-9-8-11-6-5-7-11/h10-11H,4-9H2,1-3H3,(H,16,17). The molecule has 112 valence electrons. The summed E-state index contributed by atoms with van der Waals surface area (Å²) in [6.07, 6.45) is 5.36. The van der Waals surface area contributed by atoms with Crippen LogP contribution >= 0.6 is 11.3 Å². The zero-order valence-corrected chi connectivity index (χ0v) is 13.4. The van der Waals surface area contributed by atoms with Gasteiger partial charge < -0.3 is 10.1 Å². The van der Waals surface area contributed by atoms with Crippen LogP contribution in [0.4, 0.5) is 5.13 Å². The fourth-order valence-electron chi connectivity index (χ4n) is 2.22. The lowest BCUT2D eigenvalue weighted by atomic mass is 9.83. The third-order valence-electron chi connectivity index (χ3n) is 3.98. The van der Waals surface area contributed by atoms with Gasteiger partial charge in [-0.25, -0.2) is 4.98 Å². The minimum absolute atomic E-state index is 0.216. The van der Waals surface area contributed by atoms with Gasteiger partial charge in [-0.15, -0.1) is 11.3 Å². The van der Waals surface area contributed by atoms with Gasteiger partial charge in [-0.3, -0.25) is 4.79 Å². The first-order valence-corrected chi connectivity index (χ1v) is 8.29. The number of rotatable bonds is 7. The molecule has 0 aliphatic heterocycles. The summed E-state index contributed by atoms with van der Waals surface area (Å²) in [5, 5.41) is 6.21. The van der Waals surface area contributed by atoms with Crippen LogP contribution in [0.1, 0.15) is 52.1 Å². The van der Waals surface area contributed by atoms with Gasteiger partial charge in [0.2, 0.25) is 0 Å². The number of thiazole rings is 1. The molecule has 4 nitrogen and oxygen atoms in total. The summed E-state index contributed by atoms with van der Waals surface area (Å²) in [7, 11) is 0. The van der Waals surface area contributed by atoms with E-state index in [1.807, 2.05) is 26.2 Å². The average Bonchev–Trinajstić information content (AvgIpc) is 2.82. The first-order chi connectivity index (χ1) is 9.54. The summed E-state index contributed by atoms with van der Waals surface area (Å²) < 4.78 is 5.11. The van der Waals surface area contributed by atoms with Crippen molar-refractivity contribution < 1.29 is 9.53 Å². The molecule has 0 bridgehead atoms. The average molecular weight is 296 g/mol. The second kappa shape index (κ2) is 6.57. The van der Waals surface area contributed by atoms with Gasteiger partial charge in [0.15, 0.2) is 5.13 Å². The molecule has 0 amide bonds. The van der Waals surface area contributed by atoms with E-state index in [4.69, 9.17) is 4.74 Å². The highest BCUT2D eigenvalue weighted by molar-refractivity contribution is 7.13. The van der Waals surface area contributed by atoms with Crippen LogP contribution in [-0.2, 0) is 14.9 Å². The smallest absolute Gasteiger partial charge is 0.317 e. The molecule has 1 heterocycles. The molecule has 1 fully saturated rings. The number of nitrogens with one attached hydrogen (secondary N) is 1. The van der Waals surface area contributed by atoms with E-state index in [-0.39, 0.29) is 5.97 Å². The molecule has 1 aromatic heterocycles. The molecular formula is C15H24N2O2S. The Kier molecular flexibility index (Phi) is 5.02. The maximum Gasteiger partial charge on any atom is 0.317 e. The van der Waals surface area contributed by atoms with Crippen molar-refractivity contribution in [3.63, 3.8) is 0 Å². The fraction of sp³-hybridized carbons (Fsp3) is 0.733. The molecular weight excluding hydrogens is 272 g/mol. The predicted molar refractivity (Wildman–Crippen MR) is 82.2 cm³/mol. The number of hydrogen-bond acceptors (Lipinski definition) is 5. The second-order valence-electron chi connectivity index (χ2n) is 5.90. The van der Waals surface area contributed by atoms with Gasteiger partial charge in [-0.2, -0.15) is 0 Å². The maximum atomic E-state index is 11.9. The van der Waals surface area contributed by atoms with Gasteiger partial charge in [0.1, 0.15) is 5.41 Å². The monoisotopic (exact) mass is 296 g/mol. The molecule has 20 heavy (non-hydrogen) atoms. The van der Waals surface area contributed by atoms with E-state index in [0.717, 1.165) is 23.3 Å². The Labute approximate surface area is 124 Å². The first-order valence-electron chi connectivity index (χ1n) is 7.41. The van der Waals surface area contributed by atoms with Crippen molar-refractivity contribution in [3.8, 4) is 0 Å². The maximum absolute atomic E-state index is 11.9. The van der Waals surface area contributed by atoms with Crippen LogP contribution in [0.25, 0.3) is 0 Å². The molecule has 0 aromatic carbocycles. The Morgan fingerprint density at radius 3 is 2.90 bits per heavy atom. The zero-order chi connectivity index (χ0) is 14.6. The third-order valence-corrected chi connectivity index (χ3v) is 4.78. The Bertz CT molecular complexity index is 452. The Morgan fingerprint density at radius 1 is 1.55 bits per heavy atom. The van der Waals surface area contributed by atoms with Gasteiger partial charge >= 0.3 is 5.97 Å². The molecule has 2 rings (SSSR count). The number of hydrogen-bond donors (Lipinski definition) is 1. The molecule has 0 radical (unpaired) electrons. The van der Waals surface area contributed by atoms with E-state index >= 15 is 0 Å². The zero-order valence-electron chi connectivity index (χ0n) is 12.6. The number of ether oxygens (including phenoxy) is 1. The van der Waals surface area contributed by atoms with Crippen LogP contribution in [-0.4, -0.2) is 24.1 Å². The van der Waals surface area contributed by atoms with Crippen LogP contribution in [0, 0.1) is 5.92 Å². The van der Waals surface area contributed by atoms with E-state index < -0.39 is 5.41 Å². The SMILES string of the molecule is CCOC(=O)C(C)(C)c1csc(NCCC2CCC2)n1. The summed E-state index contributed by atoms with van der Waals surface area (Å²) >= 11 is 1.56. The Morgan fingerprint density at radius 2 is 2.30 bits per heavy atom. The molecule has 1 N–H and O–H groups in total. The van der Waals surface area contributed by atoms with Gasteiger partial charge in [0.05, 0.1) is 12.3 Å². The van der Waals surface area contributed by atoms with Crippen LogP contribution < -0.4 is 5.32 Å². The van der Waals surface area contributed by atoms with E-state index in [9.17, 15) is 4.79 Å². The third kappa shape index (κ3) is 3.51. The van der Waals surface area contributed by atoms with E-state index in [0.29, 0.717) is 6.61 Å². The van der Waals surface area contributed by atoms with Crippen molar-refractivity contribution in [2.24, 2.45) is 5.92 Å². The quantitative estimate of drug-likeness (QED) is 0.781. The molecule has 0 saturated heterocycles. The van der Waals surface area contributed by atoms with Gasteiger partial charge in [0.25, 0.3) is 0 Å². The number of esters is 1. The lowest BCUT2D eigenvalue weighted by Crippen LogP contribution is -2.31. The minimum Gasteiger partial charge on any atom is -0.465 e. The summed E-state index contributed by atoms with van der Waals surface area (Å²) in [4.78, 5) is 16.5. The lowest BCUT2D eigenvalue weighted by Gasteiger charge is -2.25. The van der Waals surface area contributed by atoms with Gasteiger partial charge in [-0.05, 0) is 33.1 Å². The van der Waals surface area contributed by atoms with Crippen LogP contribution in [0.5, 0.6) is 0 Å². The van der Waals surface area contributed by atoms with E-state index in [2.05, 4.69) is 10.3 Å². The van der Waals surface area contributed by atoms with Crippen molar-refractivity contribution in [1.29, 1.82) is 0 Å². The fourth-order valence-corrected chi connectivity index (χ4v) is 3.13. The number of aromatic nitrogens is 1. The molecule has 1 aliphatic carbocycles. The number of carbonyl (C=O) groups is 1. The number of carbonyl (C=O) groups excluding carboxylic acids is 1. The topological polar surface area (TPSA) is 51.2 Å². The minimum atomic E-state index is -0.680. The molecule has 5 heteroatoms. The summed E-state index contributed by atoms with van der Waals surface area (Å²) in [6.45, 7) is 6.91. The highest BCUT2D eigenvalue weighted by Crippen LogP contribution is 2.30. The highest BCUT2D eigenvalue weighted by atomic mass is 32.1. The Balaban J connectivity index is 1.88. The number of nitrogens with zero attached hydrogens (tertiary/aromatic N) is 1. The van der Waals surface area contributed by atoms with Gasteiger partial charge in [-0.1, -0.05) is 19.3 Å². The number of anilines is 1. The van der Waals surface area contributed by atoms with Gasteiger partial charge in [0, 0.05) is 11.9 Å². The first kappa shape index (κ1) is 15.3. The van der Waals surface area contributed by atoms with E-state index in [1.165, 1.54) is 25.7 Å². The van der Waals surface area contributed by atoms with Crippen molar-refractivity contribution in [2.75, 3.05) is 18.5 Å². The summed E-state index contributed by atoms with van der Waals surface area (Å²) in [5.74, 6) is 0.684. The molecule has 0 unspecified atom stereocenters. The van der Waals surface area contributed by atoms with Crippen LogP contribution in [0.2, 0.25) is 0 Å². The van der Waals surface area contributed by atoms with E-state index in [1.54, 1.807) is 11.3 Å². The highest BCUT2D eigenvalue weighted by Gasteiger charge is 2.33. The van der Waals surface area contributed by atoms with Crippen molar-refractivity contribution in [2.45, 2.75) is 51.9 Å². The molecule has 0 spiro atoms. The van der Waals surface area contributed by atoms with Crippen LogP contribution in [0.3, 0.4) is 0 Å². The Hall–Kier alpha value is -1.10. The predicted octanol–water partition coefficient (Wildman–Crippen LogP) is 3.59. The molecule has 0 atom stereocenters. The summed E-state index contributed by atoms with van der Waals surface area (Å²) in [6, 6.07) is 0. The van der Waals surface area contributed by atoms with Crippen molar-refractivity contribution >= 4 is 22.4 Å². The molecule has 1 saturated carbocycles. The summed E-state index contributed by atoms with van der Waals surface area (Å²) in [5.41, 5.74) is 0.104. The lowest BCUT2D eigenvalue weighted by molar-refractivity contribution is -0.148. The van der Waals surface area contributed by atoms with Crippen molar-refractivity contribution in [3.05, 3.63) is 11.1 Å². The molecule has 1 aliphatic rings. The normalized spacial score (nSPS) is 15.8. The second-order valence-corrected chi connectivity index (χ2v) is 6.75. The van der Waals surface area contributed by atoms with Crippen LogP contribution in [0.15, 0.2) is 5.38 Å². The largest absolute Gasteiger partial charge is 0.465 e. The van der Waals surface area contributed by atoms with Crippen molar-refractivity contribution in [1.82, 2.24) is 4.98 Å².